The van der Waals surface area contributed by atoms with Gasteiger partial charge < -0.3 is 14.8 Å². The van der Waals surface area contributed by atoms with Crippen molar-refractivity contribution in [2.75, 3.05) is 26.7 Å². The van der Waals surface area contributed by atoms with Crippen LogP contribution >= 0.6 is 0 Å². The summed E-state index contributed by atoms with van der Waals surface area (Å²) in [5, 5.41) is 3.06. The van der Waals surface area contributed by atoms with E-state index in [1.165, 1.54) is 27.8 Å². The lowest BCUT2D eigenvalue weighted by Gasteiger charge is -2.26. The van der Waals surface area contributed by atoms with E-state index >= 15 is 0 Å². The number of aryl methyl sites for hydroxylation is 1. The highest BCUT2D eigenvalue weighted by Crippen LogP contribution is 2.34. The fourth-order valence-corrected chi connectivity index (χ4v) is 5.41. The number of hydrogen-bond donors (Lipinski definition) is 1. The summed E-state index contributed by atoms with van der Waals surface area (Å²) in [6.07, 6.45) is 4.20. The fourth-order valence-electron chi connectivity index (χ4n) is 5.41. The van der Waals surface area contributed by atoms with Crippen molar-refractivity contribution < 1.29 is 14.3 Å². The van der Waals surface area contributed by atoms with Gasteiger partial charge in [0.2, 0.25) is 5.91 Å². The molecule has 5 nitrogen and oxygen atoms in total. The minimum absolute atomic E-state index is 0.0680. The second kappa shape index (κ2) is 11.3. The van der Waals surface area contributed by atoms with E-state index in [0.29, 0.717) is 12.5 Å². The average Bonchev–Trinajstić information content (AvgIpc) is 3.25. The summed E-state index contributed by atoms with van der Waals surface area (Å²) in [7, 11) is 1.73. The molecule has 1 N–H and O–H groups in total. The van der Waals surface area contributed by atoms with Crippen molar-refractivity contribution in [2.45, 2.75) is 66.0 Å². The molecule has 188 valence electrons. The van der Waals surface area contributed by atoms with Gasteiger partial charge in [0.05, 0.1) is 7.11 Å². The van der Waals surface area contributed by atoms with Gasteiger partial charge >= 0.3 is 0 Å². The zero-order valence-electron chi connectivity index (χ0n) is 21.9. The Labute approximate surface area is 210 Å². The van der Waals surface area contributed by atoms with Gasteiger partial charge in [-0.25, -0.2) is 0 Å². The molecule has 1 aliphatic heterocycles. The first-order valence-corrected chi connectivity index (χ1v) is 12.9. The molecule has 0 radical (unpaired) electrons. The third-order valence-electron chi connectivity index (χ3n) is 7.19. The third-order valence-corrected chi connectivity index (χ3v) is 7.19. The minimum Gasteiger partial charge on any atom is -0.496 e. The molecule has 1 saturated heterocycles. The van der Waals surface area contributed by atoms with Crippen LogP contribution in [0.3, 0.4) is 0 Å². The van der Waals surface area contributed by atoms with Crippen LogP contribution in [0.25, 0.3) is 5.57 Å². The van der Waals surface area contributed by atoms with E-state index in [2.05, 4.69) is 67.4 Å². The number of fused-ring (bicyclic) bond motifs is 1. The van der Waals surface area contributed by atoms with Gasteiger partial charge in [0.25, 0.3) is 0 Å². The van der Waals surface area contributed by atoms with Crippen LogP contribution < -0.4 is 14.8 Å². The van der Waals surface area contributed by atoms with Gasteiger partial charge in [-0.3, -0.25) is 9.69 Å². The Morgan fingerprint density at radius 3 is 2.74 bits per heavy atom. The Kier molecular flexibility index (Phi) is 8.17. The van der Waals surface area contributed by atoms with E-state index in [0.717, 1.165) is 62.4 Å². The Bertz CT molecular complexity index is 1090. The number of nitrogens with one attached hydrogen (secondary N) is 1. The Morgan fingerprint density at radius 1 is 1.17 bits per heavy atom. The van der Waals surface area contributed by atoms with Crippen LogP contribution in [0.4, 0.5) is 0 Å². The van der Waals surface area contributed by atoms with Crippen LogP contribution in [0, 0.1) is 5.92 Å². The first-order valence-electron chi connectivity index (χ1n) is 12.9. The molecular formula is C30H40N2O3. The zero-order valence-corrected chi connectivity index (χ0v) is 21.9. The highest BCUT2D eigenvalue weighted by atomic mass is 16.5. The van der Waals surface area contributed by atoms with Gasteiger partial charge in [0.1, 0.15) is 18.1 Å². The van der Waals surface area contributed by atoms with Crippen molar-refractivity contribution in [1.29, 1.82) is 0 Å². The lowest BCUT2D eigenvalue weighted by Crippen LogP contribution is -2.36. The summed E-state index contributed by atoms with van der Waals surface area (Å²) in [5.74, 6) is 2.49. The quantitative estimate of drug-likeness (QED) is 0.526. The number of benzene rings is 2. The lowest BCUT2D eigenvalue weighted by molar-refractivity contribution is -0.119. The smallest absolute Gasteiger partial charge is 0.217 e. The second-order valence-electron chi connectivity index (χ2n) is 10.5. The topological polar surface area (TPSA) is 50.8 Å². The van der Waals surface area contributed by atoms with Gasteiger partial charge in [0, 0.05) is 38.2 Å². The SMILES string of the molecule is COc1cc(CC(C)C)ccc1COc1ccc2c(c1)CCC(CN1CCC(NC(C)=O)C1)=C2C. The summed E-state index contributed by atoms with van der Waals surface area (Å²) in [6, 6.07) is 13.2. The summed E-state index contributed by atoms with van der Waals surface area (Å²) >= 11 is 0. The number of nitrogens with zero attached hydrogens (tertiary/aromatic N) is 1. The van der Waals surface area contributed by atoms with E-state index in [1.807, 2.05) is 0 Å². The molecule has 1 heterocycles. The number of hydrogen-bond acceptors (Lipinski definition) is 4. The average molecular weight is 477 g/mol. The molecule has 5 heteroatoms. The number of amides is 1. The van der Waals surface area contributed by atoms with Crippen LogP contribution in [-0.4, -0.2) is 43.6 Å². The van der Waals surface area contributed by atoms with Crippen LogP contribution in [0.1, 0.15) is 62.8 Å². The molecule has 35 heavy (non-hydrogen) atoms. The fraction of sp³-hybridized carbons (Fsp3) is 0.500. The first kappa shape index (κ1) is 25.3. The Hall–Kier alpha value is -2.79. The number of likely N-dealkylation sites (tertiary alicyclic amines) is 1. The molecule has 2 aromatic rings. The predicted molar refractivity (Wildman–Crippen MR) is 142 cm³/mol. The largest absolute Gasteiger partial charge is 0.496 e. The van der Waals surface area contributed by atoms with Crippen LogP contribution in [0.2, 0.25) is 0 Å². The van der Waals surface area contributed by atoms with Crippen LogP contribution in [0.15, 0.2) is 42.0 Å². The lowest BCUT2D eigenvalue weighted by atomic mass is 9.86. The number of carbonyl (C=O) groups is 1. The van der Waals surface area contributed by atoms with E-state index in [1.54, 1.807) is 14.0 Å². The normalized spacial score (nSPS) is 18.1. The van der Waals surface area contributed by atoms with Crippen molar-refractivity contribution in [3.63, 3.8) is 0 Å². The molecule has 2 aliphatic rings. The molecule has 4 rings (SSSR count). The molecule has 0 saturated carbocycles. The van der Waals surface area contributed by atoms with Crippen LogP contribution in [-0.2, 0) is 24.2 Å². The van der Waals surface area contributed by atoms with Gasteiger partial charge in [-0.15, -0.1) is 0 Å². The molecule has 1 aliphatic carbocycles. The number of methoxy groups -OCH3 is 1. The first-order chi connectivity index (χ1) is 16.8. The van der Waals surface area contributed by atoms with E-state index in [4.69, 9.17) is 9.47 Å². The van der Waals surface area contributed by atoms with E-state index in [-0.39, 0.29) is 11.9 Å². The molecule has 0 bridgehead atoms. The standard InChI is InChI=1S/C30H40N2O3/c1-20(2)14-23-6-7-26(30(15-23)34-5)19-35-28-10-11-29-21(3)25(9-8-24(29)16-28)17-32-13-12-27(18-32)31-22(4)33/h6-7,10-11,15-16,20,27H,8-9,12-14,17-19H2,1-5H3,(H,31,33). The van der Waals surface area contributed by atoms with Gasteiger partial charge in [-0.05, 0) is 79.0 Å². The summed E-state index contributed by atoms with van der Waals surface area (Å²) in [6.45, 7) is 11.8. The highest BCUT2D eigenvalue weighted by Gasteiger charge is 2.25. The van der Waals surface area contributed by atoms with Gasteiger partial charge in [-0.1, -0.05) is 37.6 Å². The van der Waals surface area contributed by atoms with Crippen molar-refractivity contribution in [2.24, 2.45) is 5.92 Å². The molecule has 1 atom stereocenters. The highest BCUT2D eigenvalue weighted by molar-refractivity contribution is 5.73. The third kappa shape index (κ3) is 6.46. The summed E-state index contributed by atoms with van der Waals surface area (Å²) < 4.78 is 11.8. The van der Waals surface area contributed by atoms with Crippen molar-refractivity contribution in [3.05, 3.63) is 64.2 Å². The summed E-state index contributed by atoms with van der Waals surface area (Å²) in [5.41, 5.74) is 7.97. The molecule has 0 spiro atoms. The molecule has 1 fully saturated rings. The molecule has 0 aromatic heterocycles. The number of allylic oxidation sites excluding steroid dienone is 1. The number of rotatable bonds is 9. The molecule has 1 amide bonds. The molecular weight excluding hydrogens is 436 g/mol. The monoisotopic (exact) mass is 476 g/mol. The minimum atomic E-state index is 0.0680. The maximum absolute atomic E-state index is 11.4. The van der Waals surface area contributed by atoms with Gasteiger partial charge in [-0.2, -0.15) is 0 Å². The second-order valence-corrected chi connectivity index (χ2v) is 10.5. The Morgan fingerprint density at radius 2 is 2.00 bits per heavy atom. The molecule has 1 unspecified atom stereocenters. The van der Waals surface area contributed by atoms with E-state index < -0.39 is 0 Å². The van der Waals surface area contributed by atoms with E-state index in [9.17, 15) is 4.79 Å². The van der Waals surface area contributed by atoms with Crippen molar-refractivity contribution in [1.82, 2.24) is 10.2 Å². The Balaban J connectivity index is 1.39. The van der Waals surface area contributed by atoms with Crippen molar-refractivity contribution >= 4 is 11.5 Å². The van der Waals surface area contributed by atoms with Crippen LogP contribution in [0.5, 0.6) is 11.5 Å². The van der Waals surface area contributed by atoms with Crippen molar-refractivity contribution in [3.8, 4) is 11.5 Å². The zero-order chi connectivity index (χ0) is 24.9. The predicted octanol–water partition coefficient (Wildman–Crippen LogP) is 5.40. The molecule has 2 aromatic carbocycles. The number of ether oxygens (including phenoxy) is 2. The summed E-state index contributed by atoms with van der Waals surface area (Å²) in [4.78, 5) is 13.8. The maximum Gasteiger partial charge on any atom is 0.217 e. The number of carbonyl (C=O) groups excluding carboxylic acids is 1. The van der Waals surface area contributed by atoms with Gasteiger partial charge in [0.15, 0.2) is 0 Å². The maximum atomic E-state index is 11.4.